The van der Waals surface area contributed by atoms with Gasteiger partial charge in [-0.15, -0.1) is 17.9 Å². The summed E-state index contributed by atoms with van der Waals surface area (Å²) in [5, 5.41) is 1.40. The molecule has 0 spiro atoms. The van der Waals surface area contributed by atoms with Gasteiger partial charge in [-0.05, 0) is 48.8 Å². The molecule has 160 valence electrons. The average Bonchev–Trinajstić information content (AvgIpc) is 3.18. The van der Waals surface area contributed by atoms with E-state index in [1.54, 1.807) is 22.0 Å². The van der Waals surface area contributed by atoms with Crippen LogP contribution < -0.4 is 5.56 Å². The van der Waals surface area contributed by atoms with E-state index in [-0.39, 0.29) is 17.2 Å². The average molecular weight is 452 g/mol. The standard InChI is InChI=1S/C24H25N3O2S2/c1-2-12-27-23(29)21-18-9-5-6-10-19(18)31-22(21)25-24(27)30-15-20(28)26-13-11-16-7-3-4-8-17(16)14-26/h2-4,7-8H,1,5-6,9-15H2. The van der Waals surface area contributed by atoms with E-state index in [9.17, 15) is 9.59 Å². The number of rotatable bonds is 5. The predicted octanol–water partition coefficient (Wildman–Crippen LogP) is 4.20. The minimum Gasteiger partial charge on any atom is -0.337 e. The molecule has 0 N–H and O–H groups in total. The summed E-state index contributed by atoms with van der Waals surface area (Å²) >= 11 is 3.02. The number of amides is 1. The van der Waals surface area contributed by atoms with Crippen molar-refractivity contribution in [3.63, 3.8) is 0 Å². The van der Waals surface area contributed by atoms with Crippen molar-refractivity contribution in [2.45, 2.75) is 50.4 Å². The molecule has 1 amide bonds. The van der Waals surface area contributed by atoms with E-state index in [1.165, 1.54) is 39.8 Å². The monoisotopic (exact) mass is 451 g/mol. The van der Waals surface area contributed by atoms with Gasteiger partial charge in [0.25, 0.3) is 5.56 Å². The van der Waals surface area contributed by atoms with Gasteiger partial charge in [0.05, 0.1) is 11.1 Å². The third-order valence-corrected chi connectivity index (χ3v) is 8.31. The van der Waals surface area contributed by atoms with E-state index < -0.39 is 0 Å². The first-order valence-corrected chi connectivity index (χ1v) is 12.6. The molecule has 0 fully saturated rings. The molecule has 0 radical (unpaired) electrons. The van der Waals surface area contributed by atoms with Crippen LogP contribution in [-0.4, -0.2) is 32.7 Å². The number of aromatic nitrogens is 2. The first-order valence-electron chi connectivity index (χ1n) is 10.8. The summed E-state index contributed by atoms with van der Waals surface area (Å²) < 4.78 is 1.68. The Labute approximate surface area is 189 Å². The second-order valence-corrected chi connectivity index (χ2v) is 10.1. The van der Waals surface area contributed by atoms with Crippen LogP contribution in [0.4, 0.5) is 0 Å². The summed E-state index contributed by atoms with van der Waals surface area (Å²) in [7, 11) is 0. The molecule has 3 heterocycles. The van der Waals surface area contributed by atoms with Gasteiger partial charge in [-0.2, -0.15) is 0 Å². The van der Waals surface area contributed by atoms with Gasteiger partial charge in [0.1, 0.15) is 4.83 Å². The van der Waals surface area contributed by atoms with Crippen molar-refractivity contribution < 1.29 is 4.79 Å². The number of aryl methyl sites for hydroxylation is 2. The Balaban J connectivity index is 1.40. The van der Waals surface area contributed by atoms with E-state index in [2.05, 4.69) is 24.8 Å². The molecule has 5 nitrogen and oxygen atoms in total. The van der Waals surface area contributed by atoms with Crippen molar-refractivity contribution in [2.24, 2.45) is 0 Å². The molecule has 0 saturated carbocycles. The molecular formula is C24H25N3O2S2. The Morgan fingerprint density at radius 2 is 2.00 bits per heavy atom. The molecule has 5 rings (SSSR count). The second kappa shape index (κ2) is 8.63. The lowest BCUT2D eigenvalue weighted by atomic mass is 9.97. The maximum atomic E-state index is 13.3. The van der Waals surface area contributed by atoms with Gasteiger partial charge >= 0.3 is 0 Å². The highest BCUT2D eigenvalue weighted by molar-refractivity contribution is 7.99. The Bertz CT molecular complexity index is 1230. The molecule has 2 aliphatic rings. The maximum Gasteiger partial charge on any atom is 0.263 e. The van der Waals surface area contributed by atoms with E-state index >= 15 is 0 Å². The van der Waals surface area contributed by atoms with E-state index in [1.807, 2.05) is 11.0 Å². The molecular weight excluding hydrogens is 426 g/mol. The molecule has 3 aromatic rings. The van der Waals surface area contributed by atoms with Gasteiger partial charge in [-0.3, -0.25) is 14.2 Å². The molecule has 7 heteroatoms. The number of nitrogens with zero attached hydrogens (tertiary/aromatic N) is 3. The van der Waals surface area contributed by atoms with Crippen LogP contribution in [0.25, 0.3) is 10.2 Å². The Morgan fingerprint density at radius 1 is 1.19 bits per heavy atom. The van der Waals surface area contributed by atoms with Crippen LogP contribution in [0.1, 0.15) is 34.4 Å². The number of benzene rings is 1. The zero-order valence-corrected chi connectivity index (χ0v) is 19.1. The van der Waals surface area contributed by atoms with E-state index in [0.717, 1.165) is 42.4 Å². The lowest BCUT2D eigenvalue weighted by Gasteiger charge is -2.28. The highest BCUT2D eigenvalue weighted by Crippen LogP contribution is 2.34. The zero-order valence-electron chi connectivity index (χ0n) is 17.4. The van der Waals surface area contributed by atoms with Gasteiger partial charge in [-0.1, -0.05) is 42.1 Å². The topological polar surface area (TPSA) is 55.2 Å². The first kappa shape index (κ1) is 20.5. The molecule has 0 saturated heterocycles. The van der Waals surface area contributed by atoms with Crippen LogP contribution in [0.5, 0.6) is 0 Å². The van der Waals surface area contributed by atoms with Crippen molar-refractivity contribution in [3.05, 3.63) is 68.8 Å². The largest absolute Gasteiger partial charge is 0.337 e. The van der Waals surface area contributed by atoms with Crippen molar-refractivity contribution in [3.8, 4) is 0 Å². The van der Waals surface area contributed by atoms with Gasteiger partial charge in [0.2, 0.25) is 5.91 Å². The molecule has 1 aliphatic carbocycles. The van der Waals surface area contributed by atoms with E-state index in [0.29, 0.717) is 18.2 Å². The SMILES string of the molecule is C=CCn1c(SCC(=O)N2CCc3ccccc3C2)nc2sc3c(c2c1=O)CCCC3. The Morgan fingerprint density at radius 3 is 2.84 bits per heavy atom. The summed E-state index contributed by atoms with van der Waals surface area (Å²) in [5.41, 5.74) is 3.75. The second-order valence-electron chi connectivity index (χ2n) is 8.11. The number of allylic oxidation sites excluding steroid dienone is 1. The third kappa shape index (κ3) is 3.85. The minimum absolute atomic E-state index is 0.00569. The normalized spacial score (nSPS) is 15.5. The molecule has 31 heavy (non-hydrogen) atoms. The van der Waals surface area contributed by atoms with Crippen molar-refractivity contribution in [1.29, 1.82) is 0 Å². The van der Waals surface area contributed by atoms with Crippen molar-refractivity contribution >= 4 is 39.2 Å². The quantitative estimate of drug-likeness (QED) is 0.331. The van der Waals surface area contributed by atoms with Crippen LogP contribution in [0.2, 0.25) is 0 Å². The van der Waals surface area contributed by atoms with E-state index in [4.69, 9.17) is 4.98 Å². The highest BCUT2D eigenvalue weighted by Gasteiger charge is 2.24. The number of fused-ring (bicyclic) bond motifs is 4. The number of hydrogen-bond acceptors (Lipinski definition) is 5. The van der Waals surface area contributed by atoms with Crippen molar-refractivity contribution in [2.75, 3.05) is 12.3 Å². The summed E-state index contributed by atoms with van der Waals surface area (Å²) in [6.07, 6.45) is 6.91. The predicted molar refractivity (Wildman–Crippen MR) is 127 cm³/mol. The third-order valence-electron chi connectivity index (χ3n) is 6.16. The molecule has 2 aromatic heterocycles. The Kier molecular flexibility index (Phi) is 5.71. The molecule has 0 atom stereocenters. The fourth-order valence-corrected chi connectivity index (χ4v) is 6.76. The number of carbonyl (C=O) groups is 1. The summed E-state index contributed by atoms with van der Waals surface area (Å²) in [6.45, 7) is 5.60. The fourth-order valence-electron chi connectivity index (χ4n) is 4.55. The summed E-state index contributed by atoms with van der Waals surface area (Å²) in [4.78, 5) is 35.1. The Hall–Kier alpha value is -2.38. The summed E-state index contributed by atoms with van der Waals surface area (Å²) in [6, 6.07) is 8.31. The number of carbonyl (C=O) groups excluding carboxylic acids is 1. The van der Waals surface area contributed by atoms with Gasteiger partial charge in [0, 0.05) is 24.5 Å². The number of thioether (sulfide) groups is 1. The zero-order chi connectivity index (χ0) is 21.4. The first-order chi connectivity index (χ1) is 15.2. The molecule has 1 aromatic carbocycles. The highest BCUT2D eigenvalue weighted by atomic mass is 32.2. The lowest BCUT2D eigenvalue weighted by Crippen LogP contribution is -2.37. The van der Waals surface area contributed by atoms with Crippen LogP contribution in [0, 0.1) is 0 Å². The fraction of sp³-hybridized carbons (Fsp3) is 0.375. The van der Waals surface area contributed by atoms with Gasteiger partial charge in [0.15, 0.2) is 5.16 Å². The molecule has 1 aliphatic heterocycles. The van der Waals surface area contributed by atoms with Crippen LogP contribution in [0.15, 0.2) is 46.9 Å². The van der Waals surface area contributed by atoms with Crippen LogP contribution in [0.3, 0.4) is 0 Å². The lowest BCUT2D eigenvalue weighted by molar-refractivity contribution is -0.129. The number of hydrogen-bond donors (Lipinski definition) is 0. The van der Waals surface area contributed by atoms with Gasteiger partial charge in [-0.25, -0.2) is 4.98 Å². The maximum absolute atomic E-state index is 13.3. The van der Waals surface area contributed by atoms with Gasteiger partial charge < -0.3 is 4.90 Å². The van der Waals surface area contributed by atoms with Crippen LogP contribution >= 0.6 is 23.1 Å². The molecule has 0 unspecified atom stereocenters. The number of thiophene rings is 1. The smallest absolute Gasteiger partial charge is 0.263 e. The van der Waals surface area contributed by atoms with Crippen molar-refractivity contribution in [1.82, 2.24) is 14.5 Å². The molecule has 0 bridgehead atoms. The minimum atomic E-state index is 0.00569. The van der Waals surface area contributed by atoms with Crippen LogP contribution in [-0.2, 0) is 37.1 Å². The summed E-state index contributed by atoms with van der Waals surface area (Å²) in [5.74, 6) is 0.368.